The van der Waals surface area contributed by atoms with E-state index in [0.29, 0.717) is 18.9 Å². The van der Waals surface area contributed by atoms with E-state index in [0.717, 1.165) is 11.1 Å². The van der Waals surface area contributed by atoms with Gasteiger partial charge in [-0.05, 0) is 44.2 Å². The smallest absolute Gasteiger partial charge is 0.407 e. The molecule has 24 heavy (non-hydrogen) atoms. The van der Waals surface area contributed by atoms with E-state index in [4.69, 9.17) is 15.2 Å². The van der Waals surface area contributed by atoms with E-state index in [-0.39, 0.29) is 18.2 Å². The first-order valence-electron chi connectivity index (χ1n) is 8.61. The molecular formula is C19H30N2O3. The van der Waals surface area contributed by atoms with E-state index in [9.17, 15) is 4.79 Å². The zero-order chi connectivity index (χ0) is 17.9. The molecule has 1 aromatic rings. The van der Waals surface area contributed by atoms with Crippen LogP contribution < -0.4 is 11.1 Å². The van der Waals surface area contributed by atoms with Gasteiger partial charge in [-0.15, -0.1) is 0 Å². The van der Waals surface area contributed by atoms with Gasteiger partial charge in [-0.1, -0.05) is 38.1 Å². The standard InChI is InChI=1S/C19H30N2O3/c1-12(2)17(20)14-8-6-13(7-9-14)10-15(16-11-23-16)21-18(22)24-19(3,4)5/h6-9,12,15-17H,10-11,20H2,1-5H3,(H,21,22)/t15-,16+,17?/m0/s1. The third-order valence-corrected chi connectivity index (χ3v) is 4.05. The highest BCUT2D eigenvalue weighted by Gasteiger charge is 2.35. The maximum atomic E-state index is 12.0. The maximum Gasteiger partial charge on any atom is 0.407 e. The number of hydrogen-bond acceptors (Lipinski definition) is 4. The van der Waals surface area contributed by atoms with Crippen molar-refractivity contribution in [3.8, 4) is 0 Å². The zero-order valence-electron chi connectivity index (χ0n) is 15.3. The Bertz CT molecular complexity index is 545. The molecule has 1 aliphatic heterocycles. The summed E-state index contributed by atoms with van der Waals surface area (Å²) >= 11 is 0. The summed E-state index contributed by atoms with van der Waals surface area (Å²) in [6.45, 7) is 10.5. The Hall–Kier alpha value is -1.59. The third-order valence-electron chi connectivity index (χ3n) is 4.05. The van der Waals surface area contributed by atoms with Crippen LogP contribution >= 0.6 is 0 Å². The average Bonchev–Trinajstić information content (AvgIpc) is 3.29. The second kappa shape index (κ2) is 7.53. The first kappa shape index (κ1) is 18.7. The topological polar surface area (TPSA) is 76.9 Å². The maximum absolute atomic E-state index is 12.0. The molecule has 5 nitrogen and oxygen atoms in total. The van der Waals surface area contributed by atoms with Crippen LogP contribution in [0.4, 0.5) is 4.79 Å². The van der Waals surface area contributed by atoms with E-state index in [1.54, 1.807) is 0 Å². The molecule has 1 aromatic carbocycles. The SMILES string of the molecule is CC(C)C(N)c1ccc(C[C@H](NC(=O)OC(C)(C)C)[C@H]2CO2)cc1. The van der Waals surface area contributed by atoms with E-state index in [2.05, 4.69) is 43.4 Å². The predicted molar refractivity (Wildman–Crippen MR) is 94.8 cm³/mol. The Morgan fingerprint density at radius 3 is 2.38 bits per heavy atom. The molecule has 1 saturated heterocycles. The highest BCUT2D eigenvalue weighted by molar-refractivity contribution is 5.68. The van der Waals surface area contributed by atoms with Gasteiger partial charge in [0.05, 0.1) is 12.6 Å². The van der Waals surface area contributed by atoms with Crippen molar-refractivity contribution < 1.29 is 14.3 Å². The lowest BCUT2D eigenvalue weighted by Gasteiger charge is -2.23. The Balaban J connectivity index is 1.97. The molecule has 0 aliphatic carbocycles. The Labute approximate surface area is 144 Å². The molecular weight excluding hydrogens is 304 g/mol. The molecule has 1 unspecified atom stereocenters. The quantitative estimate of drug-likeness (QED) is 0.783. The van der Waals surface area contributed by atoms with Crippen LogP contribution in [0.3, 0.4) is 0 Å². The molecule has 0 bridgehead atoms. The van der Waals surface area contributed by atoms with Gasteiger partial charge in [-0.2, -0.15) is 0 Å². The molecule has 0 aromatic heterocycles. The molecule has 2 rings (SSSR count). The Morgan fingerprint density at radius 1 is 1.33 bits per heavy atom. The molecule has 3 N–H and O–H groups in total. The van der Waals surface area contributed by atoms with Gasteiger partial charge in [0.25, 0.3) is 0 Å². The summed E-state index contributed by atoms with van der Waals surface area (Å²) in [7, 11) is 0. The fourth-order valence-corrected chi connectivity index (χ4v) is 2.54. The largest absolute Gasteiger partial charge is 0.444 e. The fourth-order valence-electron chi connectivity index (χ4n) is 2.54. The van der Waals surface area contributed by atoms with E-state index in [1.807, 2.05) is 20.8 Å². The molecule has 1 fully saturated rings. The second-order valence-corrected chi connectivity index (χ2v) is 7.84. The van der Waals surface area contributed by atoms with Crippen LogP contribution in [0.5, 0.6) is 0 Å². The predicted octanol–water partition coefficient (Wildman–Crippen LogP) is 3.18. The van der Waals surface area contributed by atoms with Gasteiger partial charge in [0.15, 0.2) is 0 Å². The summed E-state index contributed by atoms with van der Waals surface area (Å²) in [4.78, 5) is 12.0. The van der Waals surface area contributed by atoms with Crippen molar-refractivity contribution in [1.82, 2.24) is 5.32 Å². The van der Waals surface area contributed by atoms with Gasteiger partial charge < -0.3 is 20.5 Å². The fraction of sp³-hybridized carbons (Fsp3) is 0.632. The molecule has 0 spiro atoms. The van der Waals surface area contributed by atoms with Crippen molar-refractivity contribution in [1.29, 1.82) is 0 Å². The number of carbonyl (C=O) groups excluding carboxylic acids is 1. The molecule has 0 saturated carbocycles. The first-order valence-corrected chi connectivity index (χ1v) is 8.61. The number of amides is 1. The number of benzene rings is 1. The van der Waals surface area contributed by atoms with Crippen LogP contribution in [0.2, 0.25) is 0 Å². The minimum atomic E-state index is -0.506. The summed E-state index contributed by atoms with van der Waals surface area (Å²) in [6.07, 6.45) is 0.373. The highest BCUT2D eigenvalue weighted by atomic mass is 16.6. The number of nitrogens with one attached hydrogen (secondary N) is 1. The first-order chi connectivity index (χ1) is 11.2. The van der Waals surface area contributed by atoms with Crippen molar-refractivity contribution >= 4 is 6.09 Å². The number of ether oxygens (including phenoxy) is 2. The van der Waals surface area contributed by atoms with Crippen LogP contribution in [0.15, 0.2) is 24.3 Å². The highest BCUT2D eigenvalue weighted by Crippen LogP contribution is 2.22. The van der Waals surface area contributed by atoms with Crippen molar-refractivity contribution in [2.24, 2.45) is 11.7 Å². The van der Waals surface area contributed by atoms with Gasteiger partial charge in [-0.3, -0.25) is 0 Å². The summed E-state index contributed by atoms with van der Waals surface area (Å²) in [5.41, 5.74) is 7.95. The number of epoxide rings is 1. The Kier molecular flexibility index (Phi) is 5.88. The average molecular weight is 334 g/mol. The lowest BCUT2D eigenvalue weighted by Crippen LogP contribution is -2.43. The van der Waals surface area contributed by atoms with Gasteiger partial charge >= 0.3 is 6.09 Å². The van der Waals surface area contributed by atoms with Crippen LogP contribution in [0.25, 0.3) is 0 Å². The van der Waals surface area contributed by atoms with Crippen molar-refractivity contribution in [2.45, 2.75) is 64.8 Å². The van der Waals surface area contributed by atoms with E-state index >= 15 is 0 Å². The number of nitrogens with two attached hydrogens (primary N) is 1. The monoisotopic (exact) mass is 334 g/mol. The molecule has 1 aliphatic rings. The Morgan fingerprint density at radius 2 is 1.92 bits per heavy atom. The minimum absolute atomic E-state index is 0.0431. The van der Waals surface area contributed by atoms with Crippen LogP contribution in [-0.2, 0) is 15.9 Å². The van der Waals surface area contributed by atoms with Crippen molar-refractivity contribution in [2.75, 3.05) is 6.61 Å². The normalized spacial score (nSPS) is 19.7. The zero-order valence-corrected chi connectivity index (χ0v) is 15.3. The van der Waals surface area contributed by atoms with Crippen LogP contribution in [-0.4, -0.2) is 30.4 Å². The number of carbonyl (C=O) groups is 1. The number of alkyl carbamates (subject to hydrolysis) is 1. The van der Waals surface area contributed by atoms with Gasteiger partial charge in [-0.25, -0.2) is 4.79 Å². The summed E-state index contributed by atoms with van der Waals surface area (Å²) < 4.78 is 10.7. The van der Waals surface area contributed by atoms with Crippen molar-refractivity contribution in [3.63, 3.8) is 0 Å². The number of rotatable bonds is 6. The molecule has 5 heteroatoms. The minimum Gasteiger partial charge on any atom is -0.444 e. The van der Waals surface area contributed by atoms with Gasteiger partial charge in [0.2, 0.25) is 0 Å². The molecule has 1 heterocycles. The third kappa shape index (κ3) is 5.80. The summed E-state index contributed by atoms with van der Waals surface area (Å²) in [5.74, 6) is 0.400. The van der Waals surface area contributed by atoms with Gasteiger partial charge in [0.1, 0.15) is 11.7 Å². The van der Waals surface area contributed by atoms with E-state index in [1.165, 1.54) is 0 Å². The van der Waals surface area contributed by atoms with Crippen LogP contribution in [0.1, 0.15) is 51.8 Å². The molecule has 0 radical (unpaired) electrons. The summed E-state index contributed by atoms with van der Waals surface area (Å²) in [6, 6.07) is 8.25. The molecule has 134 valence electrons. The lowest BCUT2D eigenvalue weighted by atomic mass is 9.95. The molecule has 3 atom stereocenters. The van der Waals surface area contributed by atoms with E-state index < -0.39 is 11.7 Å². The molecule has 1 amide bonds. The number of hydrogen-bond donors (Lipinski definition) is 2. The van der Waals surface area contributed by atoms with Crippen molar-refractivity contribution in [3.05, 3.63) is 35.4 Å². The summed E-state index contributed by atoms with van der Waals surface area (Å²) in [5, 5.41) is 2.93. The van der Waals surface area contributed by atoms with Crippen LogP contribution in [0, 0.1) is 5.92 Å². The van der Waals surface area contributed by atoms with Gasteiger partial charge in [0, 0.05) is 6.04 Å². The second-order valence-electron chi connectivity index (χ2n) is 7.84. The lowest BCUT2D eigenvalue weighted by molar-refractivity contribution is 0.0495.